The first kappa shape index (κ1) is 17.1. The van der Waals surface area contributed by atoms with Crippen LogP contribution in [-0.2, 0) is 9.63 Å². The van der Waals surface area contributed by atoms with Gasteiger partial charge in [-0.1, -0.05) is 5.16 Å². The van der Waals surface area contributed by atoms with Gasteiger partial charge in [0.25, 0.3) is 5.91 Å². The van der Waals surface area contributed by atoms with Crippen molar-refractivity contribution in [3.05, 3.63) is 53.6 Å². The molecule has 0 spiro atoms. The van der Waals surface area contributed by atoms with Crippen molar-refractivity contribution < 1.29 is 28.6 Å². The van der Waals surface area contributed by atoms with Crippen LogP contribution in [0.5, 0.6) is 17.2 Å². The summed E-state index contributed by atoms with van der Waals surface area (Å²) in [5, 5.41) is 3.63. The molecule has 9 nitrogen and oxygen atoms in total. The molecule has 0 atom stereocenters. The summed E-state index contributed by atoms with van der Waals surface area (Å²) in [7, 11) is 0. The van der Waals surface area contributed by atoms with Gasteiger partial charge in [-0.15, -0.1) is 0 Å². The molecule has 0 saturated heterocycles. The van der Waals surface area contributed by atoms with Gasteiger partial charge in [0.15, 0.2) is 23.9 Å². The van der Waals surface area contributed by atoms with E-state index in [1.54, 1.807) is 30.3 Å². The third-order valence-electron chi connectivity index (χ3n) is 3.37. The minimum atomic E-state index is -0.687. The second-order valence-corrected chi connectivity index (χ2v) is 5.20. The number of hydrogen-bond acceptors (Lipinski definition) is 7. The summed E-state index contributed by atoms with van der Waals surface area (Å²) in [5.74, 6) is 0.197. The second-order valence-electron chi connectivity index (χ2n) is 5.20. The number of nitrogens with zero attached hydrogens (tertiary/aromatic N) is 1. The molecule has 2 aromatic carbocycles. The van der Waals surface area contributed by atoms with Crippen LogP contribution in [-0.4, -0.2) is 31.1 Å². The number of carbonyl (C=O) groups excluding carboxylic acids is 2. The lowest BCUT2D eigenvalue weighted by molar-refractivity contribution is -0.119. The van der Waals surface area contributed by atoms with E-state index in [0.717, 1.165) is 0 Å². The van der Waals surface area contributed by atoms with Crippen LogP contribution in [0.15, 0.2) is 47.6 Å². The molecule has 2 aromatic rings. The molecule has 4 N–H and O–H groups in total. The number of amides is 1. The molecule has 134 valence electrons. The van der Waals surface area contributed by atoms with E-state index in [9.17, 15) is 9.59 Å². The number of rotatable bonds is 6. The first-order valence-corrected chi connectivity index (χ1v) is 7.49. The quantitative estimate of drug-likeness (QED) is 0.337. The van der Waals surface area contributed by atoms with Crippen molar-refractivity contribution in [2.75, 3.05) is 13.4 Å². The van der Waals surface area contributed by atoms with Crippen molar-refractivity contribution in [1.29, 1.82) is 0 Å². The summed E-state index contributed by atoms with van der Waals surface area (Å²) >= 11 is 0. The molecule has 0 saturated carbocycles. The Morgan fingerprint density at radius 3 is 2.42 bits per heavy atom. The monoisotopic (exact) mass is 357 g/mol. The summed E-state index contributed by atoms with van der Waals surface area (Å²) < 4.78 is 15.5. The Balaban J connectivity index is 1.62. The van der Waals surface area contributed by atoms with Crippen LogP contribution in [0.4, 0.5) is 0 Å². The molecule has 1 aliphatic rings. The van der Waals surface area contributed by atoms with Gasteiger partial charge >= 0.3 is 5.97 Å². The Morgan fingerprint density at radius 1 is 1.00 bits per heavy atom. The van der Waals surface area contributed by atoms with Gasteiger partial charge in [0.1, 0.15) is 5.75 Å². The predicted molar refractivity (Wildman–Crippen MR) is 89.8 cm³/mol. The van der Waals surface area contributed by atoms with Crippen molar-refractivity contribution in [2.45, 2.75) is 0 Å². The van der Waals surface area contributed by atoms with E-state index in [2.05, 4.69) is 5.16 Å². The van der Waals surface area contributed by atoms with Gasteiger partial charge in [0.05, 0.1) is 5.56 Å². The molecule has 3 rings (SSSR count). The molecule has 1 heterocycles. The van der Waals surface area contributed by atoms with Crippen LogP contribution >= 0.6 is 0 Å². The smallest absolute Gasteiger partial charge is 0.365 e. The zero-order valence-electron chi connectivity index (χ0n) is 13.5. The van der Waals surface area contributed by atoms with Gasteiger partial charge in [0, 0.05) is 5.56 Å². The zero-order chi connectivity index (χ0) is 18.5. The fourth-order valence-corrected chi connectivity index (χ4v) is 2.10. The average Bonchev–Trinajstić information content (AvgIpc) is 3.12. The highest BCUT2D eigenvalue weighted by molar-refractivity contribution is 5.98. The standard InChI is InChI=1S/C17H15N3O6/c18-15(21)8-23-12-4-1-10(2-5-12)16(19)20-26-17(22)11-3-6-13-14(7-11)25-9-24-13/h1-7H,8-9H2,(H2,18,21)(H2,19,20). The van der Waals surface area contributed by atoms with Gasteiger partial charge in [-0.2, -0.15) is 0 Å². The SMILES string of the molecule is NC(=O)COc1ccc(/C(N)=N/OC(=O)c2ccc3c(c2)OCO3)cc1. The van der Waals surface area contributed by atoms with Crippen molar-refractivity contribution in [1.82, 2.24) is 0 Å². The molecule has 0 fully saturated rings. The number of benzene rings is 2. The lowest BCUT2D eigenvalue weighted by Crippen LogP contribution is -2.20. The number of ether oxygens (including phenoxy) is 3. The Labute approximate surface area is 148 Å². The molecule has 0 bridgehead atoms. The maximum atomic E-state index is 12.0. The Morgan fingerprint density at radius 2 is 1.69 bits per heavy atom. The number of carbonyl (C=O) groups is 2. The fraction of sp³-hybridized carbons (Fsp3) is 0.118. The van der Waals surface area contributed by atoms with E-state index in [1.807, 2.05) is 0 Å². The van der Waals surface area contributed by atoms with Crippen LogP contribution in [0.3, 0.4) is 0 Å². The minimum absolute atomic E-state index is 0.000504. The summed E-state index contributed by atoms with van der Waals surface area (Å²) in [4.78, 5) is 27.6. The molecular formula is C17H15N3O6. The first-order valence-electron chi connectivity index (χ1n) is 7.49. The highest BCUT2D eigenvalue weighted by Crippen LogP contribution is 2.32. The molecule has 9 heteroatoms. The lowest BCUT2D eigenvalue weighted by Gasteiger charge is -2.05. The van der Waals surface area contributed by atoms with Gasteiger partial charge < -0.3 is 30.5 Å². The van der Waals surface area contributed by atoms with E-state index in [1.165, 1.54) is 12.1 Å². The number of hydrogen-bond donors (Lipinski definition) is 2. The topological polar surface area (TPSA) is 135 Å². The zero-order valence-corrected chi connectivity index (χ0v) is 13.5. The Hall–Kier alpha value is -3.75. The normalized spacial score (nSPS) is 12.5. The van der Waals surface area contributed by atoms with E-state index in [-0.39, 0.29) is 24.8 Å². The number of nitrogens with two attached hydrogens (primary N) is 2. The Bertz CT molecular complexity index is 863. The van der Waals surface area contributed by atoms with Crippen LogP contribution in [0.2, 0.25) is 0 Å². The number of primary amides is 1. The van der Waals surface area contributed by atoms with Gasteiger partial charge in [-0.05, 0) is 42.5 Å². The van der Waals surface area contributed by atoms with E-state index < -0.39 is 11.9 Å². The molecule has 0 aromatic heterocycles. The van der Waals surface area contributed by atoms with Crippen molar-refractivity contribution in [3.8, 4) is 17.2 Å². The van der Waals surface area contributed by atoms with Gasteiger partial charge in [-0.3, -0.25) is 4.79 Å². The second kappa shape index (κ2) is 7.43. The van der Waals surface area contributed by atoms with Crippen molar-refractivity contribution >= 4 is 17.7 Å². The fourth-order valence-electron chi connectivity index (χ4n) is 2.10. The number of amidine groups is 1. The highest BCUT2D eigenvalue weighted by atomic mass is 16.7. The molecular weight excluding hydrogens is 342 g/mol. The lowest BCUT2D eigenvalue weighted by atomic mass is 10.2. The van der Waals surface area contributed by atoms with Gasteiger partial charge in [-0.25, -0.2) is 4.79 Å². The largest absolute Gasteiger partial charge is 0.484 e. The van der Waals surface area contributed by atoms with Crippen LogP contribution in [0.25, 0.3) is 0 Å². The summed E-state index contributed by atoms with van der Waals surface area (Å²) in [5.41, 5.74) is 11.6. The summed E-state index contributed by atoms with van der Waals surface area (Å²) in [6.07, 6.45) is 0. The third kappa shape index (κ3) is 4.01. The molecule has 0 aliphatic carbocycles. The predicted octanol–water partition coefficient (Wildman–Crippen LogP) is 0.757. The summed E-state index contributed by atoms with van der Waals surface area (Å²) in [6.45, 7) is -0.117. The maximum absolute atomic E-state index is 12.0. The van der Waals surface area contributed by atoms with Crippen LogP contribution in [0.1, 0.15) is 15.9 Å². The number of oxime groups is 1. The Kier molecular flexibility index (Phi) is 4.88. The molecule has 1 aliphatic heterocycles. The van der Waals surface area contributed by atoms with Crippen LogP contribution < -0.4 is 25.7 Å². The average molecular weight is 357 g/mol. The molecule has 26 heavy (non-hydrogen) atoms. The third-order valence-corrected chi connectivity index (χ3v) is 3.37. The highest BCUT2D eigenvalue weighted by Gasteiger charge is 2.17. The molecule has 1 amide bonds. The van der Waals surface area contributed by atoms with Crippen molar-refractivity contribution in [2.24, 2.45) is 16.6 Å². The number of fused-ring (bicyclic) bond motifs is 1. The van der Waals surface area contributed by atoms with Crippen LogP contribution in [0, 0.1) is 0 Å². The van der Waals surface area contributed by atoms with Gasteiger partial charge in [0.2, 0.25) is 6.79 Å². The first-order chi connectivity index (χ1) is 12.5. The molecule has 0 radical (unpaired) electrons. The minimum Gasteiger partial charge on any atom is -0.484 e. The van der Waals surface area contributed by atoms with E-state index in [4.69, 9.17) is 30.5 Å². The summed E-state index contributed by atoms with van der Waals surface area (Å²) in [6, 6.07) is 11.0. The molecule has 0 unspecified atom stereocenters. The van der Waals surface area contributed by atoms with E-state index in [0.29, 0.717) is 22.8 Å². The van der Waals surface area contributed by atoms with Crippen molar-refractivity contribution in [3.63, 3.8) is 0 Å². The van der Waals surface area contributed by atoms with E-state index >= 15 is 0 Å². The maximum Gasteiger partial charge on any atom is 0.365 e.